The lowest BCUT2D eigenvalue weighted by Crippen LogP contribution is -2.11. The van der Waals surface area contributed by atoms with Crippen LogP contribution >= 0.6 is 11.6 Å². The normalized spacial score (nSPS) is 11.4. The van der Waals surface area contributed by atoms with Crippen LogP contribution < -0.4 is 9.88 Å². The molecular weight excluding hydrogens is 250 g/mol. The Balaban J connectivity index is 2.52. The Morgan fingerprint density at radius 1 is 1.19 bits per heavy atom. The molecule has 0 bridgehead atoms. The van der Waals surface area contributed by atoms with Crippen LogP contribution in [0.5, 0.6) is 5.75 Å². The summed E-state index contributed by atoms with van der Waals surface area (Å²) in [5, 5.41) is 4.96. The van der Waals surface area contributed by atoms with E-state index in [4.69, 9.17) is 21.5 Å². The number of benzene rings is 1. The molecule has 1 rings (SSSR count). The van der Waals surface area contributed by atoms with Crippen LogP contribution in [0.1, 0.15) is 12.8 Å². The number of rotatable bonds is 6. The van der Waals surface area contributed by atoms with Gasteiger partial charge in [-0.1, -0.05) is 0 Å². The first-order chi connectivity index (χ1) is 7.54. The highest BCUT2D eigenvalue weighted by Crippen LogP contribution is 2.15. The molecule has 2 N–H and O–H groups in total. The molecule has 0 heterocycles. The molecule has 0 unspecified atom stereocenters. The highest BCUT2D eigenvalue weighted by molar-refractivity contribution is 7.89. The van der Waals surface area contributed by atoms with E-state index >= 15 is 0 Å². The Hall–Kier alpha value is -0.780. The molecule has 16 heavy (non-hydrogen) atoms. The van der Waals surface area contributed by atoms with Crippen molar-refractivity contribution in [2.24, 2.45) is 5.14 Å². The number of ether oxygens (including phenoxy) is 1. The fraction of sp³-hybridized carbons (Fsp3) is 0.400. The Labute approximate surface area is 100 Å². The number of hydrogen-bond donors (Lipinski definition) is 1. The van der Waals surface area contributed by atoms with E-state index < -0.39 is 10.0 Å². The Bertz CT molecular complexity index is 416. The maximum absolute atomic E-state index is 11.0. The van der Waals surface area contributed by atoms with Crippen molar-refractivity contribution in [3.63, 3.8) is 0 Å². The van der Waals surface area contributed by atoms with E-state index in [2.05, 4.69) is 0 Å². The summed E-state index contributed by atoms with van der Waals surface area (Å²) >= 11 is 5.52. The van der Waals surface area contributed by atoms with Gasteiger partial charge in [0.1, 0.15) is 5.75 Å². The number of nitrogens with two attached hydrogens (primary N) is 1. The minimum atomic E-state index is -3.62. The molecule has 6 heteroatoms. The van der Waals surface area contributed by atoms with E-state index in [1.165, 1.54) is 12.1 Å². The molecule has 0 aliphatic heterocycles. The second kappa shape index (κ2) is 6.08. The van der Waals surface area contributed by atoms with Crippen LogP contribution in [-0.2, 0) is 10.0 Å². The largest absolute Gasteiger partial charge is 0.494 e. The number of sulfonamides is 1. The zero-order chi connectivity index (χ0) is 12.0. The standard InChI is InChI=1S/C10H14ClNO3S/c11-7-1-2-8-15-9-3-5-10(6-4-9)16(12,13)14/h3-6H,1-2,7-8H2,(H2,12,13,14). The molecule has 0 aromatic heterocycles. The quantitative estimate of drug-likeness (QED) is 0.628. The molecule has 4 nitrogen and oxygen atoms in total. The average Bonchev–Trinajstić information content (AvgIpc) is 2.24. The molecule has 90 valence electrons. The number of primary sulfonamides is 1. The van der Waals surface area contributed by atoms with Crippen LogP contribution in [0.2, 0.25) is 0 Å². The molecule has 0 fully saturated rings. The monoisotopic (exact) mass is 263 g/mol. The summed E-state index contributed by atoms with van der Waals surface area (Å²) in [6, 6.07) is 6.01. The Kier molecular flexibility index (Phi) is 5.05. The summed E-state index contributed by atoms with van der Waals surface area (Å²) in [5.41, 5.74) is 0. The molecule has 1 aromatic carbocycles. The van der Waals surface area contributed by atoms with E-state index in [0.29, 0.717) is 18.2 Å². The molecule has 0 amide bonds. The first-order valence-electron chi connectivity index (χ1n) is 4.85. The summed E-state index contributed by atoms with van der Waals surface area (Å²) in [7, 11) is -3.62. The van der Waals surface area contributed by atoms with E-state index in [9.17, 15) is 8.42 Å². The van der Waals surface area contributed by atoms with Crippen molar-refractivity contribution >= 4 is 21.6 Å². The van der Waals surface area contributed by atoms with Crippen LogP contribution in [-0.4, -0.2) is 20.9 Å². The van der Waals surface area contributed by atoms with Gasteiger partial charge in [-0.25, -0.2) is 13.6 Å². The van der Waals surface area contributed by atoms with Gasteiger partial charge in [0, 0.05) is 5.88 Å². The van der Waals surface area contributed by atoms with Gasteiger partial charge >= 0.3 is 0 Å². The molecular formula is C10H14ClNO3S. The van der Waals surface area contributed by atoms with Crippen LogP contribution in [0.4, 0.5) is 0 Å². The van der Waals surface area contributed by atoms with Crippen LogP contribution in [0.15, 0.2) is 29.2 Å². The zero-order valence-electron chi connectivity index (χ0n) is 8.73. The van der Waals surface area contributed by atoms with Crippen molar-refractivity contribution in [1.82, 2.24) is 0 Å². The molecule has 0 aliphatic rings. The summed E-state index contributed by atoms with van der Waals surface area (Å²) in [5.74, 6) is 1.25. The topological polar surface area (TPSA) is 69.4 Å². The van der Waals surface area contributed by atoms with Gasteiger partial charge in [0.2, 0.25) is 10.0 Å². The van der Waals surface area contributed by atoms with Crippen molar-refractivity contribution in [1.29, 1.82) is 0 Å². The van der Waals surface area contributed by atoms with Gasteiger partial charge in [-0.15, -0.1) is 11.6 Å². The number of halogens is 1. The predicted molar refractivity (Wildman–Crippen MR) is 63.3 cm³/mol. The predicted octanol–water partition coefficient (Wildman–Crippen LogP) is 1.73. The fourth-order valence-electron chi connectivity index (χ4n) is 1.11. The second-order valence-electron chi connectivity index (χ2n) is 3.26. The minimum Gasteiger partial charge on any atom is -0.494 e. The number of hydrogen-bond acceptors (Lipinski definition) is 3. The molecule has 0 radical (unpaired) electrons. The first-order valence-corrected chi connectivity index (χ1v) is 6.94. The molecule has 0 saturated carbocycles. The highest BCUT2D eigenvalue weighted by atomic mass is 35.5. The van der Waals surface area contributed by atoms with Gasteiger partial charge < -0.3 is 4.74 Å². The van der Waals surface area contributed by atoms with Crippen LogP contribution in [0, 0.1) is 0 Å². The first kappa shape index (κ1) is 13.3. The Morgan fingerprint density at radius 2 is 1.81 bits per heavy atom. The van der Waals surface area contributed by atoms with E-state index in [1.807, 2.05) is 0 Å². The average molecular weight is 264 g/mol. The van der Waals surface area contributed by atoms with Crippen molar-refractivity contribution in [2.75, 3.05) is 12.5 Å². The summed E-state index contributed by atoms with van der Waals surface area (Å²) < 4.78 is 27.3. The van der Waals surface area contributed by atoms with Crippen LogP contribution in [0.3, 0.4) is 0 Å². The van der Waals surface area contributed by atoms with Crippen LogP contribution in [0.25, 0.3) is 0 Å². The molecule has 0 atom stereocenters. The van der Waals surface area contributed by atoms with Crippen molar-refractivity contribution in [3.8, 4) is 5.75 Å². The van der Waals surface area contributed by atoms with E-state index in [-0.39, 0.29) is 4.90 Å². The summed E-state index contributed by atoms with van der Waals surface area (Å²) in [6.45, 7) is 0.571. The van der Waals surface area contributed by atoms with Crippen molar-refractivity contribution in [2.45, 2.75) is 17.7 Å². The SMILES string of the molecule is NS(=O)(=O)c1ccc(OCCCCCl)cc1. The van der Waals surface area contributed by atoms with Gasteiger partial charge in [-0.05, 0) is 37.1 Å². The third kappa shape index (κ3) is 4.38. The zero-order valence-corrected chi connectivity index (χ0v) is 10.3. The maximum atomic E-state index is 11.0. The Morgan fingerprint density at radius 3 is 2.31 bits per heavy atom. The highest BCUT2D eigenvalue weighted by Gasteiger charge is 2.06. The lowest BCUT2D eigenvalue weighted by molar-refractivity contribution is 0.309. The second-order valence-corrected chi connectivity index (χ2v) is 5.20. The fourth-order valence-corrected chi connectivity index (χ4v) is 1.82. The van der Waals surface area contributed by atoms with Gasteiger partial charge in [0.05, 0.1) is 11.5 Å². The third-order valence-electron chi connectivity index (χ3n) is 1.95. The van der Waals surface area contributed by atoms with Gasteiger partial charge in [-0.2, -0.15) is 0 Å². The number of unbranched alkanes of at least 4 members (excludes halogenated alkanes) is 1. The smallest absolute Gasteiger partial charge is 0.238 e. The lowest BCUT2D eigenvalue weighted by atomic mass is 10.3. The summed E-state index contributed by atoms with van der Waals surface area (Å²) in [4.78, 5) is 0.0839. The molecule has 0 saturated heterocycles. The van der Waals surface area contributed by atoms with E-state index in [1.54, 1.807) is 12.1 Å². The number of alkyl halides is 1. The minimum absolute atomic E-state index is 0.0839. The van der Waals surface area contributed by atoms with E-state index in [0.717, 1.165) is 12.8 Å². The third-order valence-corrected chi connectivity index (χ3v) is 3.15. The molecule has 0 aliphatic carbocycles. The van der Waals surface area contributed by atoms with Crippen molar-refractivity contribution < 1.29 is 13.2 Å². The van der Waals surface area contributed by atoms with Gasteiger partial charge in [0.15, 0.2) is 0 Å². The maximum Gasteiger partial charge on any atom is 0.238 e. The lowest BCUT2D eigenvalue weighted by Gasteiger charge is -2.05. The van der Waals surface area contributed by atoms with Gasteiger partial charge in [0.25, 0.3) is 0 Å². The molecule has 1 aromatic rings. The van der Waals surface area contributed by atoms with Crippen molar-refractivity contribution in [3.05, 3.63) is 24.3 Å². The molecule has 0 spiro atoms. The summed E-state index contributed by atoms with van der Waals surface area (Å²) in [6.07, 6.45) is 1.78. The van der Waals surface area contributed by atoms with Gasteiger partial charge in [-0.3, -0.25) is 0 Å².